The van der Waals surface area contributed by atoms with Crippen LogP contribution < -0.4 is 4.90 Å². The summed E-state index contributed by atoms with van der Waals surface area (Å²) in [7, 11) is 0. The van der Waals surface area contributed by atoms with Crippen LogP contribution in [-0.2, 0) is 9.59 Å². The van der Waals surface area contributed by atoms with E-state index in [0.29, 0.717) is 15.7 Å². The van der Waals surface area contributed by atoms with Gasteiger partial charge in [0, 0.05) is 33.7 Å². The number of hydrazone groups is 1. The van der Waals surface area contributed by atoms with Crippen molar-refractivity contribution in [3.63, 3.8) is 0 Å². The van der Waals surface area contributed by atoms with Crippen molar-refractivity contribution in [3.8, 4) is 0 Å². The molecule has 1 aliphatic heterocycles. The topological polar surface area (TPSA) is 65.9 Å². The summed E-state index contributed by atoms with van der Waals surface area (Å²) in [5.41, 5.74) is 1.23. The first-order valence-corrected chi connectivity index (χ1v) is 7.79. The molecule has 0 spiro atoms. The van der Waals surface area contributed by atoms with E-state index in [2.05, 4.69) is 10.1 Å². The van der Waals surface area contributed by atoms with Gasteiger partial charge in [-0.2, -0.15) is 5.10 Å². The van der Waals surface area contributed by atoms with Gasteiger partial charge in [-0.05, 0) is 24.3 Å². The summed E-state index contributed by atoms with van der Waals surface area (Å²) in [6, 6.07) is 8.30. The standard InChI is InChI=1S/C16H12Cl2N4O2/c17-12-4-13(18)6-14(5-12)21-9-16(24)22(10-15(21)23)20-8-11-2-1-3-19-7-11/h1-8H,9-10H2/b20-8-. The Balaban J connectivity index is 1.76. The van der Waals surface area contributed by atoms with Crippen molar-refractivity contribution in [1.82, 2.24) is 9.99 Å². The normalized spacial score (nSPS) is 15.4. The van der Waals surface area contributed by atoms with Gasteiger partial charge in [-0.1, -0.05) is 29.3 Å². The monoisotopic (exact) mass is 362 g/mol. The first kappa shape index (κ1) is 16.4. The second-order valence-electron chi connectivity index (χ2n) is 5.09. The van der Waals surface area contributed by atoms with Crippen molar-refractivity contribution in [1.29, 1.82) is 0 Å². The lowest BCUT2D eigenvalue weighted by Crippen LogP contribution is -2.52. The van der Waals surface area contributed by atoms with Crippen LogP contribution in [0.1, 0.15) is 5.56 Å². The molecule has 0 unspecified atom stereocenters. The first-order valence-electron chi connectivity index (χ1n) is 7.04. The second kappa shape index (κ2) is 6.98. The third-order valence-corrected chi connectivity index (χ3v) is 3.79. The predicted molar refractivity (Wildman–Crippen MR) is 92.4 cm³/mol. The average molecular weight is 363 g/mol. The highest BCUT2D eigenvalue weighted by molar-refractivity contribution is 6.35. The molecule has 24 heavy (non-hydrogen) atoms. The molecule has 0 bridgehead atoms. The Morgan fingerprint density at radius 1 is 1.08 bits per heavy atom. The van der Waals surface area contributed by atoms with Gasteiger partial charge in [-0.3, -0.25) is 14.6 Å². The summed E-state index contributed by atoms with van der Waals surface area (Å²) in [5, 5.41) is 6.00. The van der Waals surface area contributed by atoms with Gasteiger partial charge in [0.1, 0.15) is 13.1 Å². The Morgan fingerprint density at radius 2 is 1.83 bits per heavy atom. The van der Waals surface area contributed by atoms with E-state index >= 15 is 0 Å². The number of hydrogen-bond donors (Lipinski definition) is 0. The van der Waals surface area contributed by atoms with Gasteiger partial charge in [-0.15, -0.1) is 0 Å². The quantitative estimate of drug-likeness (QED) is 0.788. The molecular formula is C16H12Cl2N4O2. The van der Waals surface area contributed by atoms with Crippen LogP contribution in [0.15, 0.2) is 47.8 Å². The molecule has 0 atom stereocenters. The Hall–Kier alpha value is -2.44. The van der Waals surface area contributed by atoms with Gasteiger partial charge >= 0.3 is 0 Å². The Kier molecular flexibility index (Phi) is 4.78. The first-order chi connectivity index (χ1) is 11.5. The lowest BCUT2D eigenvalue weighted by atomic mass is 10.2. The average Bonchev–Trinajstić information content (AvgIpc) is 2.55. The number of anilines is 1. The lowest BCUT2D eigenvalue weighted by Gasteiger charge is -2.31. The zero-order valence-corrected chi connectivity index (χ0v) is 13.9. The fourth-order valence-electron chi connectivity index (χ4n) is 2.23. The van der Waals surface area contributed by atoms with E-state index in [9.17, 15) is 9.59 Å². The predicted octanol–water partition coefficient (Wildman–Crippen LogP) is 2.60. The molecule has 0 aliphatic carbocycles. The maximum atomic E-state index is 12.3. The third kappa shape index (κ3) is 3.72. The molecule has 6 nitrogen and oxygen atoms in total. The maximum Gasteiger partial charge on any atom is 0.263 e. The van der Waals surface area contributed by atoms with Crippen molar-refractivity contribution < 1.29 is 9.59 Å². The molecule has 1 aromatic heterocycles. The number of pyridine rings is 1. The van der Waals surface area contributed by atoms with Crippen LogP contribution in [0.5, 0.6) is 0 Å². The fraction of sp³-hybridized carbons (Fsp3) is 0.125. The molecule has 3 rings (SSSR count). The zero-order chi connectivity index (χ0) is 17.1. The number of benzene rings is 1. The molecule has 8 heteroatoms. The minimum absolute atomic E-state index is 0.125. The molecule has 1 fully saturated rings. The molecular weight excluding hydrogens is 351 g/mol. The van der Waals surface area contributed by atoms with Gasteiger partial charge in [0.15, 0.2) is 0 Å². The Morgan fingerprint density at radius 3 is 2.50 bits per heavy atom. The third-order valence-electron chi connectivity index (χ3n) is 3.36. The molecule has 0 radical (unpaired) electrons. The zero-order valence-electron chi connectivity index (χ0n) is 12.4. The molecule has 0 saturated carbocycles. The van der Waals surface area contributed by atoms with Gasteiger partial charge < -0.3 is 4.90 Å². The van der Waals surface area contributed by atoms with Gasteiger partial charge in [-0.25, -0.2) is 5.01 Å². The smallest absolute Gasteiger partial charge is 0.263 e. The highest BCUT2D eigenvalue weighted by Gasteiger charge is 2.31. The van der Waals surface area contributed by atoms with E-state index in [0.717, 1.165) is 10.6 Å². The second-order valence-corrected chi connectivity index (χ2v) is 5.96. The number of nitrogens with zero attached hydrogens (tertiary/aromatic N) is 4. The summed E-state index contributed by atoms with van der Waals surface area (Å²) >= 11 is 11.9. The van der Waals surface area contributed by atoms with E-state index in [1.807, 2.05) is 0 Å². The summed E-state index contributed by atoms with van der Waals surface area (Å²) in [6.45, 7) is -0.278. The number of carbonyl (C=O) groups is 2. The van der Waals surface area contributed by atoms with Crippen molar-refractivity contribution in [2.24, 2.45) is 5.10 Å². The number of carbonyl (C=O) groups excluding carboxylic acids is 2. The highest BCUT2D eigenvalue weighted by atomic mass is 35.5. The Labute approximate surface area is 148 Å². The number of piperazine rings is 1. The molecule has 1 saturated heterocycles. The lowest BCUT2D eigenvalue weighted by molar-refractivity contribution is -0.138. The molecule has 2 heterocycles. The van der Waals surface area contributed by atoms with Gasteiger partial charge in [0.05, 0.1) is 6.21 Å². The Bertz CT molecular complexity index is 791. The van der Waals surface area contributed by atoms with Crippen LogP contribution >= 0.6 is 23.2 Å². The van der Waals surface area contributed by atoms with Crippen LogP contribution in [0.25, 0.3) is 0 Å². The summed E-state index contributed by atoms with van der Waals surface area (Å²) in [5.74, 6) is -0.567. The van der Waals surface area contributed by atoms with Crippen LogP contribution in [0.4, 0.5) is 5.69 Å². The van der Waals surface area contributed by atoms with E-state index in [4.69, 9.17) is 23.2 Å². The fourth-order valence-corrected chi connectivity index (χ4v) is 2.75. The molecule has 1 aliphatic rings. The number of aromatic nitrogens is 1. The molecule has 2 amide bonds. The molecule has 0 N–H and O–H groups in total. The number of rotatable bonds is 3. The van der Waals surface area contributed by atoms with Crippen molar-refractivity contribution in [3.05, 3.63) is 58.3 Å². The molecule has 2 aromatic rings. The van der Waals surface area contributed by atoms with Crippen LogP contribution in [-0.4, -0.2) is 41.1 Å². The van der Waals surface area contributed by atoms with Crippen molar-refractivity contribution in [2.45, 2.75) is 0 Å². The minimum atomic E-state index is -0.300. The summed E-state index contributed by atoms with van der Waals surface area (Å²) in [4.78, 5) is 29.9. The van der Waals surface area contributed by atoms with Crippen molar-refractivity contribution in [2.75, 3.05) is 18.0 Å². The van der Waals surface area contributed by atoms with E-state index in [-0.39, 0.29) is 24.9 Å². The number of amides is 2. The SMILES string of the molecule is O=C1CN(c2cc(Cl)cc(Cl)c2)C(=O)CN1/N=C\c1cccnc1. The summed E-state index contributed by atoms with van der Waals surface area (Å²) in [6.07, 6.45) is 4.74. The molecule has 1 aromatic carbocycles. The van der Waals surface area contributed by atoms with E-state index in [1.165, 1.54) is 11.1 Å². The van der Waals surface area contributed by atoms with Crippen molar-refractivity contribution >= 4 is 46.9 Å². The van der Waals surface area contributed by atoms with Gasteiger partial charge in [0.2, 0.25) is 5.91 Å². The number of hydrogen-bond acceptors (Lipinski definition) is 4. The highest BCUT2D eigenvalue weighted by Crippen LogP contribution is 2.26. The summed E-state index contributed by atoms with van der Waals surface area (Å²) < 4.78 is 0. The van der Waals surface area contributed by atoms with E-state index < -0.39 is 0 Å². The largest absolute Gasteiger partial charge is 0.301 e. The van der Waals surface area contributed by atoms with Crippen LogP contribution in [0.2, 0.25) is 10.0 Å². The molecule has 122 valence electrons. The number of halogens is 2. The van der Waals surface area contributed by atoms with Crippen LogP contribution in [0, 0.1) is 0 Å². The minimum Gasteiger partial charge on any atom is -0.301 e. The maximum absolute atomic E-state index is 12.3. The van der Waals surface area contributed by atoms with Gasteiger partial charge in [0.25, 0.3) is 5.91 Å². The van der Waals surface area contributed by atoms with E-state index in [1.54, 1.807) is 42.7 Å². The van der Waals surface area contributed by atoms with Crippen LogP contribution in [0.3, 0.4) is 0 Å².